The normalized spacial score (nSPS) is 28.9. The molecule has 3 atom stereocenters. The van der Waals surface area contributed by atoms with E-state index >= 15 is 0 Å². The summed E-state index contributed by atoms with van der Waals surface area (Å²) in [6, 6.07) is 0. The molecule has 0 spiro atoms. The van der Waals surface area contributed by atoms with Crippen LogP contribution in [0.25, 0.3) is 0 Å². The van der Waals surface area contributed by atoms with Gasteiger partial charge in [0.15, 0.2) is 0 Å². The summed E-state index contributed by atoms with van der Waals surface area (Å²) in [6.45, 7) is 1.41. The third-order valence-electron chi connectivity index (χ3n) is 3.86. The van der Waals surface area contributed by atoms with Gasteiger partial charge in [-0.1, -0.05) is 19.3 Å². The molecule has 0 aromatic carbocycles. The number of aliphatic hydroxyl groups excluding tert-OH is 1. The highest BCUT2D eigenvalue weighted by Gasteiger charge is 2.50. The minimum absolute atomic E-state index is 0.512. The van der Waals surface area contributed by atoms with Gasteiger partial charge in [0.25, 0.3) is 0 Å². The zero-order valence-electron chi connectivity index (χ0n) is 10.4. The molecule has 17 heavy (non-hydrogen) atoms. The number of amides is 1. The molecule has 5 heteroatoms. The molecular weight excluding hydrogens is 222 g/mol. The Balaban J connectivity index is 3.03. The Morgan fingerprint density at radius 1 is 1.24 bits per heavy atom. The molecule has 0 bridgehead atoms. The molecule has 0 radical (unpaired) electrons. The smallest absolute Gasteiger partial charge is 0.319 e. The summed E-state index contributed by atoms with van der Waals surface area (Å²) < 4.78 is 0. The van der Waals surface area contributed by atoms with Gasteiger partial charge in [-0.2, -0.15) is 0 Å². The van der Waals surface area contributed by atoms with Crippen LogP contribution in [-0.2, 0) is 9.59 Å². The lowest BCUT2D eigenvalue weighted by atomic mass is 9.71. The number of nitrogens with one attached hydrogen (secondary N) is 1. The number of carbonyl (C=O) groups is 2. The first kappa shape index (κ1) is 14.0. The van der Waals surface area contributed by atoms with Crippen LogP contribution in [0.2, 0.25) is 0 Å². The van der Waals surface area contributed by atoms with Crippen LogP contribution in [0.1, 0.15) is 39.0 Å². The lowest BCUT2D eigenvalue weighted by molar-refractivity contribution is -0.162. The summed E-state index contributed by atoms with van der Waals surface area (Å²) in [6.07, 6.45) is 3.18. The molecule has 1 fully saturated rings. The maximum atomic E-state index is 11.8. The Hall–Kier alpha value is -1.10. The molecule has 1 aliphatic carbocycles. The summed E-state index contributed by atoms with van der Waals surface area (Å²) in [5.74, 6) is -2.21. The van der Waals surface area contributed by atoms with Crippen LogP contribution < -0.4 is 5.32 Å². The van der Waals surface area contributed by atoms with Crippen molar-refractivity contribution in [3.63, 3.8) is 0 Å². The predicted molar refractivity (Wildman–Crippen MR) is 62.4 cm³/mol. The van der Waals surface area contributed by atoms with E-state index in [0.717, 1.165) is 19.3 Å². The number of carbonyl (C=O) groups excluding carboxylic acids is 1. The van der Waals surface area contributed by atoms with Gasteiger partial charge in [-0.25, -0.2) is 0 Å². The Morgan fingerprint density at radius 2 is 1.82 bits per heavy atom. The summed E-state index contributed by atoms with van der Waals surface area (Å²) in [4.78, 5) is 23.2. The number of rotatable bonds is 3. The molecule has 1 saturated carbocycles. The van der Waals surface area contributed by atoms with E-state index in [9.17, 15) is 19.8 Å². The first-order chi connectivity index (χ1) is 7.94. The number of aliphatic hydroxyl groups is 1. The van der Waals surface area contributed by atoms with Gasteiger partial charge in [-0.3, -0.25) is 9.59 Å². The van der Waals surface area contributed by atoms with Gasteiger partial charge in [0.1, 0.15) is 5.41 Å². The average Bonchev–Trinajstić information content (AvgIpc) is 2.51. The van der Waals surface area contributed by atoms with E-state index in [-0.39, 0.29) is 0 Å². The van der Waals surface area contributed by atoms with Crippen molar-refractivity contribution in [3.05, 3.63) is 0 Å². The zero-order valence-corrected chi connectivity index (χ0v) is 10.4. The highest BCUT2D eigenvalue weighted by Crippen LogP contribution is 2.38. The maximum Gasteiger partial charge on any atom is 0.319 e. The third-order valence-corrected chi connectivity index (χ3v) is 3.86. The zero-order chi connectivity index (χ0) is 13.1. The van der Waals surface area contributed by atoms with Gasteiger partial charge in [0.05, 0.1) is 6.10 Å². The molecule has 0 aromatic heterocycles. The van der Waals surface area contributed by atoms with E-state index in [0.29, 0.717) is 12.8 Å². The molecule has 1 aliphatic rings. The summed E-state index contributed by atoms with van der Waals surface area (Å²) in [5.41, 5.74) is -1.54. The van der Waals surface area contributed by atoms with Crippen molar-refractivity contribution < 1.29 is 19.8 Å². The SMILES string of the molecule is CNC(=O)C(C)(C(=O)O)C1CCCCCC1O. The van der Waals surface area contributed by atoms with Gasteiger partial charge in [0.2, 0.25) is 5.91 Å². The van der Waals surface area contributed by atoms with Crippen LogP contribution in [0, 0.1) is 11.3 Å². The molecule has 0 saturated heterocycles. The molecular formula is C12H21NO4. The average molecular weight is 243 g/mol. The molecule has 5 nitrogen and oxygen atoms in total. The molecule has 98 valence electrons. The highest BCUT2D eigenvalue weighted by atomic mass is 16.4. The van der Waals surface area contributed by atoms with Crippen molar-refractivity contribution in [3.8, 4) is 0 Å². The molecule has 1 amide bonds. The molecule has 0 aromatic rings. The Morgan fingerprint density at radius 3 is 2.35 bits per heavy atom. The van der Waals surface area contributed by atoms with Crippen molar-refractivity contribution in [2.45, 2.75) is 45.1 Å². The number of aliphatic carboxylic acids is 1. The van der Waals surface area contributed by atoms with E-state index in [1.54, 1.807) is 0 Å². The van der Waals surface area contributed by atoms with Crippen LogP contribution >= 0.6 is 0 Å². The largest absolute Gasteiger partial charge is 0.480 e. The number of carboxylic acids is 1. The van der Waals surface area contributed by atoms with E-state index in [1.165, 1.54) is 14.0 Å². The quantitative estimate of drug-likeness (QED) is 0.504. The fraction of sp³-hybridized carbons (Fsp3) is 0.833. The number of carboxylic acid groups (broad SMARTS) is 1. The Bertz CT molecular complexity index is 305. The molecule has 0 heterocycles. The monoisotopic (exact) mass is 243 g/mol. The van der Waals surface area contributed by atoms with Gasteiger partial charge < -0.3 is 15.5 Å². The fourth-order valence-corrected chi connectivity index (χ4v) is 2.65. The second kappa shape index (κ2) is 5.49. The van der Waals surface area contributed by atoms with Crippen LogP contribution in [0.4, 0.5) is 0 Å². The predicted octanol–water partition coefficient (Wildman–Crippen LogP) is 0.764. The third kappa shape index (κ3) is 2.60. The lowest BCUT2D eigenvalue weighted by Crippen LogP contribution is -2.51. The van der Waals surface area contributed by atoms with Crippen molar-refractivity contribution in [2.24, 2.45) is 11.3 Å². The standard InChI is InChI=1S/C12H21NO4/c1-12(11(16)17,10(15)13-2)8-6-4-3-5-7-9(8)14/h8-9,14H,3-7H2,1-2H3,(H,13,15)(H,16,17). The molecule has 3 N–H and O–H groups in total. The van der Waals surface area contributed by atoms with Gasteiger partial charge in [-0.05, 0) is 19.8 Å². The minimum Gasteiger partial charge on any atom is -0.480 e. The summed E-state index contributed by atoms with van der Waals surface area (Å²) in [5, 5.41) is 21.8. The summed E-state index contributed by atoms with van der Waals surface area (Å²) >= 11 is 0. The first-order valence-corrected chi connectivity index (χ1v) is 6.08. The Labute approximate surface area is 101 Å². The number of hydrogen-bond donors (Lipinski definition) is 3. The molecule has 1 rings (SSSR count). The van der Waals surface area contributed by atoms with Crippen molar-refractivity contribution in [1.82, 2.24) is 5.32 Å². The van der Waals surface area contributed by atoms with Crippen molar-refractivity contribution in [2.75, 3.05) is 7.05 Å². The Kier molecular flexibility index (Phi) is 4.51. The second-order valence-corrected chi connectivity index (χ2v) is 4.90. The topological polar surface area (TPSA) is 86.6 Å². The van der Waals surface area contributed by atoms with E-state index in [4.69, 9.17) is 0 Å². The van der Waals surface area contributed by atoms with Crippen LogP contribution in [0.15, 0.2) is 0 Å². The van der Waals surface area contributed by atoms with E-state index in [2.05, 4.69) is 5.32 Å². The van der Waals surface area contributed by atoms with Crippen LogP contribution in [-0.4, -0.2) is 35.2 Å². The van der Waals surface area contributed by atoms with E-state index in [1.807, 2.05) is 0 Å². The van der Waals surface area contributed by atoms with Crippen molar-refractivity contribution >= 4 is 11.9 Å². The van der Waals surface area contributed by atoms with Crippen LogP contribution in [0.5, 0.6) is 0 Å². The molecule has 0 aliphatic heterocycles. The lowest BCUT2D eigenvalue weighted by Gasteiger charge is -2.34. The second-order valence-electron chi connectivity index (χ2n) is 4.90. The summed E-state index contributed by atoms with van der Waals surface area (Å²) in [7, 11) is 1.42. The minimum atomic E-state index is -1.54. The maximum absolute atomic E-state index is 11.8. The fourth-order valence-electron chi connectivity index (χ4n) is 2.65. The van der Waals surface area contributed by atoms with E-state index < -0.39 is 29.3 Å². The molecule has 3 unspecified atom stereocenters. The highest BCUT2D eigenvalue weighted by molar-refractivity contribution is 6.01. The van der Waals surface area contributed by atoms with Gasteiger partial charge in [-0.15, -0.1) is 0 Å². The van der Waals surface area contributed by atoms with Gasteiger partial charge >= 0.3 is 5.97 Å². The van der Waals surface area contributed by atoms with Crippen LogP contribution in [0.3, 0.4) is 0 Å². The number of hydrogen-bond acceptors (Lipinski definition) is 3. The first-order valence-electron chi connectivity index (χ1n) is 6.08. The van der Waals surface area contributed by atoms with Crippen molar-refractivity contribution in [1.29, 1.82) is 0 Å². The van der Waals surface area contributed by atoms with Gasteiger partial charge in [0, 0.05) is 13.0 Å².